The zero-order chi connectivity index (χ0) is 47.0. The minimum absolute atomic E-state index is 0.0464. The van der Waals surface area contributed by atoms with E-state index in [1.165, 1.54) is 0 Å². The van der Waals surface area contributed by atoms with E-state index in [0.717, 1.165) is 33.4 Å². The Kier molecular flexibility index (Phi) is 15.8. The third-order valence-corrected chi connectivity index (χ3v) is 10.1. The normalized spacial score (nSPS) is 12.4. The summed E-state index contributed by atoms with van der Waals surface area (Å²) < 4.78 is 27.7. The number of hydrogen-bond donors (Lipinski definition) is 5. The van der Waals surface area contributed by atoms with Gasteiger partial charge >= 0.3 is 11.9 Å². The molecule has 340 valence electrons. The molecule has 2 aromatic heterocycles. The average molecular weight is 903 g/mol. The molecule has 67 heavy (non-hydrogen) atoms. The second-order valence-corrected chi connectivity index (χ2v) is 14.7. The lowest BCUT2D eigenvalue weighted by Crippen LogP contribution is -2.34. The van der Waals surface area contributed by atoms with Gasteiger partial charge < -0.3 is 50.9 Å². The van der Waals surface area contributed by atoms with Gasteiger partial charge in [-0.05, 0) is 118 Å². The maximum Gasteiger partial charge on any atom is 0.344 e. The van der Waals surface area contributed by atoms with E-state index in [4.69, 9.17) is 40.3 Å². The number of aromatic nitrogens is 2. The number of fused-ring (bicyclic) bond motifs is 1. The van der Waals surface area contributed by atoms with Crippen molar-refractivity contribution in [2.24, 2.45) is 11.5 Å². The number of para-hydroxylation sites is 2. The van der Waals surface area contributed by atoms with Crippen LogP contribution >= 0.6 is 0 Å². The molecule has 8 rings (SSSR count). The Morgan fingerprint density at radius 2 is 1.12 bits per heavy atom. The third-order valence-electron chi connectivity index (χ3n) is 10.1. The standard InChI is InChI=1S/C30H27N3O6.C21H19N3O4/c31-16-22-9-8-21(30(35)33-23-10-12-32-13-11-23)15-26(22)20-4-3-5-24(14-20)36-19-29(34)38-18-25-17-37-27-6-1-2-7-28(27)39-25;22-12-16-5-4-15(21(27)24-17-6-8-23-9-7-17)11-19(16)14-2-1-3-18(10-14)28-13-20(25)26/h1-15,25H,16-19,31H2,(H,32,33,35);1-11H,12-13,22H2,(H,25,26)(H,23,24,27). The Morgan fingerprint density at radius 1 is 0.612 bits per heavy atom. The van der Waals surface area contributed by atoms with E-state index < -0.39 is 24.6 Å². The van der Waals surface area contributed by atoms with E-state index in [1.54, 1.807) is 110 Å². The van der Waals surface area contributed by atoms with Crippen LogP contribution in [-0.2, 0) is 27.4 Å². The molecule has 3 heterocycles. The number of carboxylic acids is 1. The van der Waals surface area contributed by atoms with Crippen LogP contribution in [0.4, 0.5) is 11.4 Å². The van der Waals surface area contributed by atoms with Crippen LogP contribution in [0.3, 0.4) is 0 Å². The summed E-state index contributed by atoms with van der Waals surface area (Å²) in [6.07, 6.45) is 6.02. The van der Waals surface area contributed by atoms with Gasteiger partial charge in [0.15, 0.2) is 30.8 Å². The number of rotatable bonds is 16. The van der Waals surface area contributed by atoms with Crippen LogP contribution in [0.2, 0.25) is 0 Å². The number of anilines is 2. The molecule has 0 saturated heterocycles. The fraction of sp³-hybridized carbons (Fsp3) is 0.137. The third kappa shape index (κ3) is 13.0. The van der Waals surface area contributed by atoms with Crippen LogP contribution in [0.25, 0.3) is 22.3 Å². The van der Waals surface area contributed by atoms with Crippen LogP contribution in [0.15, 0.2) is 158 Å². The van der Waals surface area contributed by atoms with Crippen molar-refractivity contribution in [3.05, 3.63) is 181 Å². The van der Waals surface area contributed by atoms with Crippen molar-refractivity contribution in [1.29, 1.82) is 0 Å². The number of ether oxygens (including phenoxy) is 5. The molecule has 0 spiro atoms. The van der Waals surface area contributed by atoms with Gasteiger partial charge in [-0.1, -0.05) is 48.5 Å². The van der Waals surface area contributed by atoms with Crippen LogP contribution in [0.1, 0.15) is 31.8 Å². The number of benzene rings is 5. The molecule has 0 bridgehead atoms. The Balaban J connectivity index is 0.000000210. The average Bonchev–Trinajstić information content (AvgIpc) is 3.37. The first-order valence-corrected chi connectivity index (χ1v) is 21.0. The minimum Gasteiger partial charge on any atom is -0.486 e. The first-order valence-electron chi connectivity index (χ1n) is 21.0. The lowest BCUT2D eigenvalue weighted by Gasteiger charge is -2.26. The number of esters is 1. The summed E-state index contributed by atoms with van der Waals surface area (Å²) in [6, 6.07) is 39.1. The molecule has 2 amide bonds. The Morgan fingerprint density at radius 3 is 1.63 bits per heavy atom. The maximum atomic E-state index is 12.8. The van der Waals surface area contributed by atoms with E-state index in [-0.39, 0.29) is 38.2 Å². The molecule has 0 fully saturated rings. The van der Waals surface area contributed by atoms with Crippen molar-refractivity contribution in [1.82, 2.24) is 9.97 Å². The summed E-state index contributed by atoms with van der Waals surface area (Å²) in [5, 5.41) is 14.4. The van der Waals surface area contributed by atoms with Crippen molar-refractivity contribution < 1.29 is 48.0 Å². The van der Waals surface area contributed by atoms with Crippen molar-refractivity contribution in [3.63, 3.8) is 0 Å². The van der Waals surface area contributed by atoms with Crippen molar-refractivity contribution in [2.45, 2.75) is 19.2 Å². The maximum absolute atomic E-state index is 12.8. The SMILES string of the molecule is NCc1ccc(C(=O)Nc2ccncc2)cc1-c1cccc(OCC(=O)O)c1.NCc1ccc(C(=O)Nc2ccncc2)cc1-c1cccc(OCC(=O)OCC2COc3ccccc3O2)c1. The molecular formula is C51H46N6O10. The number of nitrogens with two attached hydrogens (primary N) is 2. The first kappa shape index (κ1) is 46.4. The van der Waals surface area contributed by atoms with E-state index in [2.05, 4.69) is 20.6 Å². The fourth-order valence-corrected chi connectivity index (χ4v) is 6.77. The van der Waals surface area contributed by atoms with Gasteiger partial charge in [-0.3, -0.25) is 19.6 Å². The zero-order valence-corrected chi connectivity index (χ0v) is 36.0. The van der Waals surface area contributed by atoms with Crippen LogP contribution in [0.5, 0.6) is 23.0 Å². The summed E-state index contributed by atoms with van der Waals surface area (Å²) in [5.74, 6) is 0.101. The van der Waals surface area contributed by atoms with Gasteiger partial charge in [0.05, 0.1) is 0 Å². The lowest BCUT2D eigenvalue weighted by atomic mass is 9.96. The van der Waals surface area contributed by atoms with E-state index in [0.29, 0.717) is 52.0 Å². The molecule has 16 nitrogen and oxygen atoms in total. The van der Waals surface area contributed by atoms with Gasteiger partial charge in [0.25, 0.3) is 11.8 Å². The second-order valence-electron chi connectivity index (χ2n) is 14.7. The zero-order valence-electron chi connectivity index (χ0n) is 36.0. The lowest BCUT2D eigenvalue weighted by molar-refractivity contribution is -0.149. The van der Waals surface area contributed by atoms with Gasteiger partial charge in [-0.15, -0.1) is 0 Å². The molecule has 1 unspecified atom stereocenters. The highest BCUT2D eigenvalue weighted by atomic mass is 16.6. The monoisotopic (exact) mass is 902 g/mol. The Bertz CT molecular complexity index is 2830. The predicted octanol–water partition coefficient (Wildman–Crippen LogP) is 7.14. The highest BCUT2D eigenvalue weighted by molar-refractivity contribution is 6.06. The highest BCUT2D eigenvalue weighted by Crippen LogP contribution is 2.32. The fourth-order valence-electron chi connectivity index (χ4n) is 6.77. The molecule has 1 aliphatic heterocycles. The number of aliphatic carboxylic acids is 1. The number of amides is 2. The summed E-state index contributed by atoms with van der Waals surface area (Å²) in [5.41, 5.74) is 19.0. The molecular weight excluding hydrogens is 857 g/mol. The first-order chi connectivity index (χ1) is 32.6. The van der Waals surface area contributed by atoms with Crippen molar-refractivity contribution in [2.75, 3.05) is 37.1 Å². The highest BCUT2D eigenvalue weighted by Gasteiger charge is 2.22. The number of carboxylic acid groups (broad SMARTS) is 1. The summed E-state index contributed by atoms with van der Waals surface area (Å²) in [6.45, 7) is 0.215. The number of pyridine rings is 2. The smallest absolute Gasteiger partial charge is 0.344 e. The molecule has 5 aromatic carbocycles. The molecule has 0 radical (unpaired) electrons. The van der Waals surface area contributed by atoms with Crippen molar-refractivity contribution in [3.8, 4) is 45.3 Å². The largest absolute Gasteiger partial charge is 0.486 e. The van der Waals surface area contributed by atoms with Gasteiger partial charge in [0, 0.05) is 60.4 Å². The predicted molar refractivity (Wildman–Crippen MR) is 250 cm³/mol. The molecule has 0 aliphatic carbocycles. The van der Waals surface area contributed by atoms with Gasteiger partial charge in [-0.2, -0.15) is 0 Å². The van der Waals surface area contributed by atoms with Gasteiger partial charge in [-0.25, -0.2) is 9.59 Å². The minimum atomic E-state index is -1.05. The van der Waals surface area contributed by atoms with E-state index in [1.807, 2.05) is 48.5 Å². The quantitative estimate of drug-likeness (QED) is 0.0606. The molecule has 1 atom stereocenters. The Hall–Kier alpha value is -8.60. The number of hydrogen-bond acceptors (Lipinski definition) is 13. The molecule has 7 aromatic rings. The van der Waals surface area contributed by atoms with Crippen LogP contribution in [-0.4, -0.2) is 71.4 Å². The van der Waals surface area contributed by atoms with Crippen molar-refractivity contribution >= 4 is 35.1 Å². The second kappa shape index (κ2) is 22.8. The summed E-state index contributed by atoms with van der Waals surface area (Å²) >= 11 is 0. The topological polar surface area (TPSA) is 237 Å². The van der Waals surface area contributed by atoms with E-state index in [9.17, 15) is 19.2 Å². The number of carbonyl (C=O) groups is 4. The van der Waals surface area contributed by atoms with Crippen LogP contribution < -0.4 is 41.0 Å². The number of nitrogens with zero attached hydrogens (tertiary/aromatic N) is 2. The molecule has 1 aliphatic rings. The van der Waals surface area contributed by atoms with E-state index >= 15 is 0 Å². The molecule has 7 N–H and O–H groups in total. The molecule has 0 saturated carbocycles. The molecule has 16 heteroatoms. The van der Waals surface area contributed by atoms with Gasteiger partial charge in [0.1, 0.15) is 24.7 Å². The number of carbonyl (C=O) groups excluding carboxylic acids is 3. The van der Waals surface area contributed by atoms with Crippen LogP contribution in [0, 0.1) is 0 Å². The Labute approximate surface area is 385 Å². The summed E-state index contributed by atoms with van der Waals surface area (Å²) in [7, 11) is 0. The summed E-state index contributed by atoms with van der Waals surface area (Å²) in [4.78, 5) is 56.3. The number of nitrogens with one attached hydrogen (secondary N) is 2. The van der Waals surface area contributed by atoms with Gasteiger partial charge in [0.2, 0.25) is 0 Å².